The lowest BCUT2D eigenvalue weighted by atomic mass is 10.1. The van der Waals surface area contributed by atoms with Gasteiger partial charge in [-0.3, -0.25) is 14.4 Å². The lowest BCUT2D eigenvalue weighted by Crippen LogP contribution is -2.37. The third-order valence-corrected chi connectivity index (χ3v) is 5.14. The normalized spacial score (nSPS) is 11.4. The van der Waals surface area contributed by atoms with E-state index in [9.17, 15) is 14.4 Å². The molecular weight excluding hydrogens is 469 g/mol. The Labute approximate surface area is 178 Å². The van der Waals surface area contributed by atoms with E-state index in [4.69, 9.17) is 0 Å². The topological polar surface area (TPSA) is 87.3 Å². The Morgan fingerprint density at radius 1 is 1.00 bits per heavy atom. The zero-order chi connectivity index (χ0) is 20.5. The SMILES string of the molecule is CCC(C)NC(=O)c1cccc(CNC(=O)CNC(=O)c2ccccc2I)c1. The maximum atomic E-state index is 12.2. The van der Waals surface area contributed by atoms with Gasteiger partial charge in [0, 0.05) is 21.7 Å². The van der Waals surface area contributed by atoms with Crippen LogP contribution in [-0.2, 0) is 11.3 Å². The number of halogens is 1. The van der Waals surface area contributed by atoms with Crippen molar-refractivity contribution < 1.29 is 14.4 Å². The second-order valence-electron chi connectivity index (χ2n) is 6.42. The zero-order valence-corrected chi connectivity index (χ0v) is 18.1. The molecule has 0 aliphatic carbocycles. The first-order chi connectivity index (χ1) is 13.4. The van der Waals surface area contributed by atoms with Crippen molar-refractivity contribution in [1.82, 2.24) is 16.0 Å². The summed E-state index contributed by atoms with van der Waals surface area (Å²) in [5, 5.41) is 8.28. The quantitative estimate of drug-likeness (QED) is 0.495. The van der Waals surface area contributed by atoms with E-state index in [0.717, 1.165) is 15.6 Å². The van der Waals surface area contributed by atoms with Gasteiger partial charge in [0.15, 0.2) is 0 Å². The molecule has 2 aromatic carbocycles. The molecule has 0 saturated carbocycles. The number of rotatable bonds is 8. The summed E-state index contributed by atoms with van der Waals surface area (Å²) in [7, 11) is 0. The standard InChI is InChI=1S/C21H24IN3O3/c1-3-14(2)25-20(27)16-8-6-7-15(11-16)12-23-19(26)13-24-21(28)17-9-4-5-10-18(17)22/h4-11,14H,3,12-13H2,1-2H3,(H,23,26)(H,24,28)(H,25,27). The fourth-order valence-corrected chi connectivity index (χ4v) is 3.03. The molecule has 2 rings (SSSR count). The lowest BCUT2D eigenvalue weighted by molar-refractivity contribution is -0.120. The van der Waals surface area contributed by atoms with E-state index in [-0.39, 0.29) is 36.9 Å². The summed E-state index contributed by atoms with van der Waals surface area (Å²) in [6.45, 7) is 4.13. The molecule has 0 radical (unpaired) electrons. The molecule has 7 heteroatoms. The van der Waals surface area contributed by atoms with Crippen LogP contribution >= 0.6 is 22.6 Å². The minimum Gasteiger partial charge on any atom is -0.350 e. The third kappa shape index (κ3) is 6.63. The molecule has 0 heterocycles. The lowest BCUT2D eigenvalue weighted by Gasteiger charge is -2.12. The van der Waals surface area contributed by atoms with Gasteiger partial charge in [-0.15, -0.1) is 0 Å². The summed E-state index contributed by atoms with van der Waals surface area (Å²) in [4.78, 5) is 36.4. The monoisotopic (exact) mass is 493 g/mol. The Morgan fingerprint density at radius 3 is 2.46 bits per heavy atom. The molecule has 0 fully saturated rings. The van der Waals surface area contributed by atoms with Crippen LogP contribution in [-0.4, -0.2) is 30.3 Å². The summed E-state index contributed by atoms with van der Waals surface area (Å²) in [5.74, 6) is -0.718. The minimum atomic E-state index is -0.297. The van der Waals surface area contributed by atoms with Gasteiger partial charge < -0.3 is 16.0 Å². The van der Waals surface area contributed by atoms with Gasteiger partial charge in [-0.1, -0.05) is 31.2 Å². The molecule has 1 atom stereocenters. The van der Waals surface area contributed by atoms with Gasteiger partial charge in [-0.25, -0.2) is 0 Å². The average Bonchev–Trinajstić information content (AvgIpc) is 2.70. The molecule has 0 aliphatic rings. The van der Waals surface area contributed by atoms with Gasteiger partial charge in [0.1, 0.15) is 0 Å². The highest BCUT2D eigenvalue weighted by atomic mass is 127. The minimum absolute atomic E-state index is 0.104. The highest BCUT2D eigenvalue weighted by Crippen LogP contribution is 2.11. The molecule has 0 saturated heterocycles. The maximum Gasteiger partial charge on any atom is 0.252 e. The number of amides is 3. The summed E-state index contributed by atoms with van der Waals surface area (Å²) in [6, 6.07) is 14.4. The molecule has 0 aromatic heterocycles. The van der Waals surface area contributed by atoms with Crippen LogP contribution in [0.3, 0.4) is 0 Å². The molecular formula is C21H24IN3O3. The third-order valence-electron chi connectivity index (χ3n) is 4.20. The van der Waals surface area contributed by atoms with Crippen LogP contribution in [0.4, 0.5) is 0 Å². The zero-order valence-electron chi connectivity index (χ0n) is 15.9. The largest absolute Gasteiger partial charge is 0.350 e. The van der Waals surface area contributed by atoms with Crippen molar-refractivity contribution in [3.63, 3.8) is 0 Å². The molecule has 6 nitrogen and oxygen atoms in total. The van der Waals surface area contributed by atoms with Crippen molar-refractivity contribution in [2.24, 2.45) is 0 Å². The highest BCUT2D eigenvalue weighted by Gasteiger charge is 2.12. The molecule has 148 valence electrons. The second kappa shape index (κ2) is 10.8. The van der Waals surface area contributed by atoms with Crippen molar-refractivity contribution in [2.45, 2.75) is 32.9 Å². The van der Waals surface area contributed by atoms with E-state index in [2.05, 4.69) is 38.5 Å². The van der Waals surface area contributed by atoms with E-state index in [1.54, 1.807) is 30.3 Å². The Hall–Kier alpha value is -2.42. The van der Waals surface area contributed by atoms with E-state index in [0.29, 0.717) is 11.1 Å². The number of carbonyl (C=O) groups is 3. The Balaban J connectivity index is 1.84. The Kier molecular flexibility index (Phi) is 8.43. The highest BCUT2D eigenvalue weighted by molar-refractivity contribution is 14.1. The molecule has 0 aliphatic heterocycles. The fourth-order valence-electron chi connectivity index (χ4n) is 2.40. The second-order valence-corrected chi connectivity index (χ2v) is 7.58. The van der Waals surface area contributed by atoms with Crippen LogP contribution in [0.25, 0.3) is 0 Å². The van der Waals surface area contributed by atoms with Crippen LogP contribution in [0.2, 0.25) is 0 Å². The first-order valence-electron chi connectivity index (χ1n) is 9.10. The van der Waals surface area contributed by atoms with Crippen molar-refractivity contribution >= 4 is 40.3 Å². The summed E-state index contributed by atoms with van der Waals surface area (Å²) >= 11 is 2.08. The van der Waals surface area contributed by atoms with Crippen LogP contribution in [0.1, 0.15) is 46.5 Å². The van der Waals surface area contributed by atoms with Gasteiger partial charge in [0.2, 0.25) is 5.91 Å². The number of hydrogen-bond acceptors (Lipinski definition) is 3. The van der Waals surface area contributed by atoms with Gasteiger partial charge in [-0.2, -0.15) is 0 Å². The first kappa shape index (κ1) is 21.9. The van der Waals surface area contributed by atoms with Gasteiger partial charge in [0.25, 0.3) is 11.8 Å². The fraction of sp³-hybridized carbons (Fsp3) is 0.286. The molecule has 28 heavy (non-hydrogen) atoms. The smallest absolute Gasteiger partial charge is 0.252 e. The maximum absolute atomic E-state index is 12.2. The Morgan fingerprint density at radius 2 is 1.75 bits per heavy atom. The number of hydrogen-bond donors (Lipinski definition) is 3. The summed E-state index contributed by atoms with van der Waals surface area (Å²) < 4.78 is 0.825. The van der Waals surface area contributed by atoms with E-state index in [1.807, 2.05) is 32.0 Å². The predicted octanol–water partition coefficient (Wildman–Crippen LogP) is 2.87. The molecule has 3 amide bonds. The first-order valence-corrected chi connectivity index (χ1v) is 10.2. The summed E-state index contributed by atoms with van der Waals surface area (Å²) in [5.41, 5.74) is 1.91. The van der Waals surface area contributed by atoms with Gasteiger partial charge in [0.05, 0.1) is 12.1 Å². The van der Waals surface area contributed by atoms with Crippen LogP contribution < -0.4 is 16.0 Å². The average molecular weight is 493 g/mol. The van der Waals surface area contributed by atoms with Gasteiger partial charge >= 0.3 is 0 Å². The molecule has 3 N–H and O–H groups in total. The number of nitrogens with one attached hydrogen (secondary N) is 3. The van der Waals surface area contributed by atoms with E-state index in [1.165, 1.54) is 0 Å². The van der Waals surface area contributed by atoms with Crippen LogP contribution in [0.5, 0.6) is 0 Å². The number of carbonyl (C=O) groups excluding carboxylic acids is 3. The van der Waals surface area contributed by atoms with Crippen molar-refractivity contribution in [1.29, 1.82) is 0 Å². The van der Waals surface area contributed by atoms with Crippen molar-refractivity contribution in [2.75, 3.05) is 6.54 Å². The van der Waals surface area contributed by atoms with Crippen LogP contribution in [0.15, 0.2) is 48.5 Å². The molecule has 1 unspecified atom stereocenters. The Bertz CT molecular complexity index is 854. The van der Waals surface area contributed by atoms with Crippen molar-refractivity contribution in [3.05, 3.63) is 68.8 Å². The van der Waals surface area contributed by atoms with E-state index < -0.39 is 0 Å². The summed E-state index contributed by atoms with van der Waals surface area (Å²) in [6.07, 6.45) is 0.856. The van der Waals surface area contributed by atoms with Crippen molar-refractivity contribution in [3.8, 4) is 0 Å². The number of benzene rings is 2. The predicted molar refractivity (Wildman–Crippen MR) is 117 cm³/mol. The van der Waals surface area contributed by atoms with Gasteiger partial charge in [-0.05, 0) is 65.8 Å². The molecule has 2 aromatic rings. The van der Waals surface area contributed by atoms with Crippen LogP contribution in [0, 0.1) is 3.57 Å². The molecule has 0 bridgehead atoms. The molecule has 0 spiro atoms. The van der Waals surface area contributed by atoms with E-state index >= 15 is 0 Å².